The lowest BCUT2D eigenvalue weighted by atomic mass is 10.0. The van der Waals surface area contributed by atoms with Crippen LogP contribution in [0.4, 0.5) is 10.2 Å². The van der Waals surface area contributed by atoms with Gasteiger partial charge in [0.05, 0.1) is 27.5 Å². The molecule has 0 aliphatic carbocycles. The predicted molar refractivity (Wildman–Crippen MR) is 156 cm³/mol. The minimum absolute atomic E-state index is 0.00496. The maximum atomic E-state index is 14.9. The van der Waals surface area contributed by atoms with Crippen LogP contribution in [-0.4, -0.2) is 56.0 Å². The van der Waals surface area contributed by atoms with Crippen LogP contribution in [0, 0.1) is 12.7 Å². The van der Waals surface area contributed by atoms with E-state index >= 15 is 0 Å². The maximum Gasteiger partial charge on any atom is 0.355 e. The van der Waals surface area contributed by atoms with Crippen LogP contribution in [0.25, 0.3) is 28.0 Å². The highest BCUT2D eigenvalue weighted by Crippen LogP contribution is 2.36. The zero-order valence-corrected chi connectivity index (χ0v) is 23.6. The fourth-order valence-corrected chi connectivity index (χ4v) is 5.51. The van der Waals surface area contributed by atoms with Gasteiger partial charge >= 0.3 is 5.69 Å². The van der Waals surface area contributed by atoms with Crippen molar-refractivity contribution in [1.29, 1.82) is 0 Å². The first-order valence-corrected chi connectivity index (χ1v) is 13.5. The normalized spacial score (nSPS) is 15.6. The summed E-state index contributed by atoms with van der Waals surface area (Å²) in [5.41, 5.74) is 2.34. The smallest absolute Gasteiger partial charge is 0.350 e. The standard InChI is InChI=1S/C30H30ClFN6O2/c1-6-24(39)36-13-14-37(19(5)16-36)28-21-15-22(31)26(20-9-7-8-10-23(20)32)34-29(21)38(30(40)35-28)27-18(4)11-12-33-25(27)17(2)3/h6-12,15,17,19H,1,13-14,16H2,2-5H3. The van der Waals surface area contributed by atoms with Crippen LogP contribution in [0.15, 0.2) is 60.0 Å². The Morgan fingerprint density at radius 1 is 1.20 bits per heavy atom. The molecule has 0 saturated carbocycles. The second kappa shape index (κ2) is 10.8. The molecule has 4 heterocycles. The number of nitrogens with zero attached hydrogens (tertiary/aromatic N) is 6. The van der Waals surface area contributed by atoms with Gasteiger partial charge in [-0.2, -0.15) is 4.98 Å². The molecule has 1 atom stereocenters. The van der Waals surface area contributed by atoms with Gasteiger partial charge < -0.3 is 9.80 Å². The predicted octanol–water partition coefficient (Wildman–Crippen LogP) is 5.29. The molecule has 0 spiro atoms. The number of rotatable bonds is 5. The lowest BCUT2D eigenvalue weighted by Crippen LogP contribution is -2.54. The molecule has 0 N–H and O–H groups in total. The van der Waals surface area contributed by atoms with Crippen LogP contribution in [-0.2, 0) is 4.79 Å². The van der Waals surface area contributed by atoms with Gasteiger partial charge in [-0.1, -0.05) is 44.2 Å². The molecular formula is C30H30ClFN6O2. The van der Waals surface area contributed by atoms with Crippen molar-refractivity contribution in [1.82, 2.24) is 24.4 Å². The van der Waals surface area contributed by atoms with Crippen molar-refractivity contribution in [3.8, 4) is 16.9 Å². The van der Waals surface area contributed by atoms with Gasteiger partial charge in [0, 0.05) is 37.4 Å². The van der Waals surface area contributed by atoms with Crippen LogP contribution in [0.3, 0.4) is 0 Å². The summed E-state index contributed by atoms with van der Waals surface area (Å²) < 4.78 is 16.4. The second-order valence-corrected chi connectivity index (χ2v) is 10.7. The molecular weight excluding hydrogens is 531 g/mol. The van der Waals surface area contributed by atoms with Crippen molar-refractivity contribution in [3.63, 3.8) is 0 Å². The van der Waals surface area contributed by atoms with Gasteiger partial charge in [0.15, 0.2) is 5.65 Å². The summed E-state index contributed by atoms with van der Waals surface area (Å²) in [7, 11) is 0. The summed E-state index contributed by atoms with van der Waals surface area (Å²) in [6.45, 7) is 12.8. The quantitative estimate of drug-likeness (QED) is 0.308. The average molecular weight is 561 g/mol. The lowest BCUT2D eigenvalue weighted by molar-refractivity contribution is -0.126. The van der Waals surface area contributed by atoms with E-state index in [1.54, 1.807) is 35.4 Å². The summed E-state index contributed by atoms with van der Waals surface area (Å²) in [5, 5.41) is 0.768. The molecule has 1 saturated heterocycles. The Hall–Kier alpha value is -4.11. The van der Waals surface area contributed by atoms with E-state index in [9.17, 15) is 14.0 Å². The first-order chi connectivity index (χ1) is 19.1. The Bertz CT molecular complexity index is 1700. The number of aryl methyl sites for hydroxylation is 1. The number of carbonyl (C=O) groups is 1. The highest BCUT2D eigenvalue weighted by atomic mass is 35.5. The van der Waals surface area contributed by atoms with Crippen molar-refractivity contribution in [2.45, 2.75) is 39.7 Å². The van der Waals surface area contributed by atoms with E-state index in [4.69, 9.17) is 16.6 Å². The second-order valence-electron chi connectivity index (χ2n) is 10.3. The van der Waals surface area contributed by atoms with E-state index in [2.05, 4.69) is 16.5 Å². The summed E-state index contributed by atoms with van der Waals surface area (Å²) in [6.07, 6.45) is 3.01. The molecule has 0 radical (unpaired) electrons. The molecule has 0 bridgehead atoms. The molecule has 3 aromatic heterocycles. The van der Waals surface area contributed by atoms with Crippen LogP contribution in [0.2, 0.25) is 5.02 Å². The van der Waals surface area contributed by atoms with Gasteiger partial charge in [0.2, 0.25) is 5.91 Å². The maximum absolute atomic E-state index is 14.9. The molecule has 1 aliphatic heterocycles. The van der Waals surface area contributed by atoms with Crippen molar-refractivity contribution >= 4 is 34.4 Å². The Balaban J connectivity index is 1.81. The number of fused-ring (bicyclic) bond motifs is 1. The molecule has 8 nitrogen and oxygen atoms in total. The Labute approximate surface area is 236 Å². The topological polar surface area (TPSA) is 84.2 Å². The number of pyridine rings is 2. The van der Waals surface area contributed by atoms with Gasteiger partial charge in [-0.25, -0.2) is 18.7 Å². The molecule has 10 heteroatoms. The SMILES string of the molecule is C=CC(=O)N1CCN(c2nc(=O)n(-c3c(C)ccnc3C(C)C)c3nc(-c4ccccc4F)c(Cl)cc23)C(C)C1. The number of piperazine rings is 1. The molecule has 40 heavy (non-hydrogen) atoms. The molecule has 1 unspecified atom stereocenters. The van der Waals surface area contributed by atoms with Crippen molar-refractivity contribution in [3.05, 3.63) is 87.8 Å². The molecule has 4 aromatic rings. The highest BCUT2D eigenvalue weighted by Gasteiger charge is 2.30. The summed E-state index contributed by atoms with van der Waals surface area (Å²) >= 11 is 6.75. The third kappa shape index (κ3) is 4.75. The van der Waals surface area contributed by atoms with E-state index in [-0.39, 0.29) is 34.1 Å². The van der Waals surface area contributed by atoms with Crippen LogP contribution >= 0.6 is 11.6 Å². The molecule has 5 rings (SSSR count). The number of amides is 1. The number of carbonyl (C=O) groups excluding carboxylic acids is 1. The number of hydrogen-bond acceptors (Lipinski definition) is 6. The van der Waals surface area contributed by atoms with Crippen molar-refractivity contribution < 1.29 is 9.18 Å². The summed E-state index contributed by atoms with van der Waals surface area (Å²) in [5.74, 6) is -0.203. The molecule has 1 fully saturated rings. The molecule has 1 aliphatic rings. The van der Waals surface area contributed by atoms with E-state index in [1.165, 1.54) is 16.7 Å². The first kappa shape index (κ1) is 27.5. The van der Waals surface area contributed by atoms with Crippen LogP contribution in [0.1, 0.15) is 37.9 Å². The number of anilines is 1. The first-order valence-electron chi connectivity index (χ1n) is 13.1. The number of hydrogen-bond donors (Lipinski definition) is 0. The minimum atomic E-state index is -0.536. The lowest BCUT2D eigenvalue weighted by Gasteiger charge is -2.40. The van der Waals surface area contributed by atoms with Gasteiger partial charge in [-0.15, -0.1) is 0 Å². The minimum Gasteiger partial charge on any atom is -0.350 e. The summed E-state index contributed by atoms with van der Waals surface area (Å²) in [4.78, 5) is 43.8. The number of benzene rings is 1. The van der Waals surface area contributed by atoms with Crippen LogP contribution < -0.4 is 10.6 Å². The van der Waals surface area contributed by atoms with Crippen molar-refractivity contribution in [2.24, 2.45) is 0 Å². The molecule has 206 valence electrons. The Morgan fingerprint density at radius 3 is 2.62 bits per heavy atom. The number of aromatic nitrogens is 4. The van der Waals surface area contributed by atoms with Gasteiger partial charge in [-0.3, -0.25) is 9.78 Å². The Morgan fingerprint density at radius 2 is 1.95 bits per heavy atom. The monoisotopic (exact) mass is 560 g/mol. The Kier molecular flexibility index (Phi) is 7.42. The van der Waals surface area contributed by atoms with Gasteiger partial charge in [0.25, 0.3) is 0 Å². The molecule has 1 amide bonds. The highest BCUT2D eigenvalue weighted by molar-refractivity contribution is 6.33. The van der Waals surface area contributed by atoms with E-state index in [0.717, 1.165) is 5.56 Å². The van der Waals surface area contributed by atoms with Crippen LogP contribution in [0.5, 0.6) is 0 Å². The number of halogens is 2. The van der Waals surface area contributed by atoms with E-state index in [1.807, 2.05) is 38.7 Å². The largest absolute Gasteiger partial charge is 0.355 e. The summed E-state index contributed by atoms with van der Waals surface area (Å²) in [6, 6.07) is 9.62. The fraction of sp³-hybridized carbons (Fsp3) is 0.300. The zero-order chi connectivity index (χ0) is 28.7. The third-order valence-corrected chi connectivity index (χ3v) is 7.53. The zero-order valence-electron chi connectivity index (χ0n) is 22.9. The van der Waals surface area contributed by atoms with Crippen molar-refractivity contribution in [2.75, 3.05) is 24.5 Å². The van der Waals surface area contributed by atoms with E-state index in [0.29, 0.717) is 47.9 Å². The van der Waals surface area contributed by atoms with Gasteiger partial charge in [0.1, 0.15) is 11.6 Å². The van der Waals surface area contributed by atoms with E-state index < -0.39 is 11.5 Å². The average Bonchev–Trinajstić information content (AvgIpc) is 2.93. The van der Waals surface area contributed by atoms with Gasteiger partial charge in [-0.05, 0) is 55.7 Å². The molecule has 1 aromatic carbocycles. The fourth-order valence-electron chi connectivity index (χ4n) is 5.25. The third-order valence-electron chi connectivity index (χ3n) is 7.24.